The molecule has 2 heteroatoms. The Morgan fingerprint density at radius 3 is 1.00 bits per heavy atom. The van der Waals surface area contributed by atoms with Crippen LogP contribution in [0.25, 0.3) is 0 Å². The summed E-state index contributed by atoms with van der Waals surface area (Å²) in [5.74, 6) is 6.95. The van der Waals surface area contributed by atoms with Gasteiger partial charge in [0.15, 0.2) is 0 Å². The lowest BCUT2D eigenvalue weighted by atomic mass is 10.3. The average molecular weight is 220 g/mol. The normalized spacial score (nSPS) is 11.6. The summed E-state index contributed by atoms with van der Waals surface area (Å²) in [5.41, 5.74) is 0. The second-order valence-electron chi connectivity index (χ2n) is 5.29. The standard InChI is InChI=1S/C12H27S.H2O/c1-10(2)7-13(8-11(3)4)9-12(5)6;/h10-12H,7-9H2,1-6H3;1H2/q+1;/p-1. The van der Waals surface area contributed by atoms with Crippen LogP contribution in [0.1, 0.15) is 41.5 Å². The smallest absolute Gasteiger partial charge is 0.110 e. The molecule has 0 spiro atoms. The molecule has 1 N–H and O–H groups in total. The largest absolute Gasteiger partial charge is 0.870 e. The molecule has 0 radical (unpaired) electrons. The number of rotatable bonds is 6. The first-order chi connectivity index (χ1) is 5.91. The maximum Gasteiger partial charge on any atom is 0.110 e. The Hall–Kier alpha value is 0.310. The van der Waals surface area contributed by atoms with Crippen molar-refractivity contribution < 1.29 is 5.48 Å². The monoisotopic (exact) mass is 220 g/mol. The molecule has 88 valence electrons. The van der Waals surface area contributed by atoms with E-state index in [1.807, 2.05) is 0 Å². The lowest BCUT2D eigenvalue weighted by molar-refractivity contribution is 0.701. The highest BCUT2D eigenvalue weighted by atomic mass is 32.2. The first-order valence-electron chi connectivity index (χ1n) is 5.55. The predicted octanol–water partition coefficient (Wildman–Crippen LogP) is 3.40. The van der Waals surface area contributed by atoms with Gasteiger partial charge in [0.25, 0.3) is 0 Å². The van der Waals surface area contributed by atoms with Crippen molar-refractivity contribution in [2.24, 2.45) is 17.8 Å². The van der Waals surface area contributed by atoms with Gasteiger partial charge in [-0.2, -0.15) is 0 Å². The summed E-state index contributed by atoms with van der Waals surface area (Å²) in [7, 11) is 0.685. The van der Waals surface area contributed by atoms with Crippen molar-refractivity contribution in [3.05, 3.63) is 0 Å². The molecule has 0 amide bonds. The Labute approximate surface area is 93.3 Å². The first kappa shape index (κ1) is 16.7. The second kappa shape index (κ2) is 8.60. The fourth-order valence-corrected chi connectivity index (χ4v) is 4.86. The molecule has 0 aliphatic rings. The van der Waals surface area contributed by atoms with Crippen LogP contribution >= 0.6 is 0 Å². The highest BCUT2D eigenvalue weighted by Gasteiger charge is 2.22. The molecule has 0 aliphatic heterocycles. The number of hydrogen-bond donors (Lipinski definition) is 0. The van der Waals surface area contributed by atoms with Crippen LogP contribution in [0.2, 0.25) is 0 Å². The van der Waals surface area contributed by atoms with Gasteiger partial charge in [-0.15, -0.1) is 0 Å². The highest BCUT2D eigenvalue weighted by Crippen LogP contribution is 2.13. The molecule has 0 aromatic rings. The molecule has 0 aliphatic carbocycles. The lowest BCUT2D eigenvalue weighted by Gasteiger charge is -2.14. The van der Waals surface area contributed by atoms with Crippen LogP contribution in [0.15, 0.2) is 0 Å². The van der Waals surface area contributed by atoms with E-state index in [0.717, 1.165) is 17.8 Å². The Morgan fingerprint density at radius 2 is 0.857 bits per heavy atom. The van der Waals surface area contributed by atoms with Crippen molar-refractivity contribution in [1.29, 1.82) is 0 Å². The van der Waals surface area contributed by atoms with E-state index in [1.165, 1.54) is 17.3 Å². The van der Waals surface area contributed by atoms with Gasteiger partial charge in [0.1, 0.15) is 17.3 Å². The van der Waals surface area contributed by atoms with Crippen LogP contribution in [0.4, 0.5) is 0 Å². The molecule has 0 aromatic heterocycles. The summed E-state index contributed by atoms with van der Waals surface area (Å²) >= 11 is 0. The van der Waals surface area contributed by atoms with Crippen molar-refractivity contribution in [2.45, 2.75) is 41.5 Å². The molecule has 0 unspecified atom stereocenters. The van der Waals surface area contributed by atoms with E-state index in [0.29, 0.717) is 10.9 Å². The van der Waals surface area contributed by atoms with Crippen LogP contribution in [0.3, 0.4) is 0 Å². The zero-order chi connectivity index (χ0) is 10.4. The zero-order valence-electron chi connectivity index (χ0n) is 10.7. The van der Waals surface area contributed by atoms with E-state index >= 15 is 0 Å². The molecule has 0 saturated heterocycles. The number of hydrogen-bond acceptors (Lipinski definition) is 1. The SMILES string of the molecule is CC(C)C[S+](CC(C)C)CC(C)C.[OH-]. The maximum atomic E-state index is 2.35. The van der Waals surface area contributed by atoms with E-state index < -0.39 is 0 Å². The van der Waals surface area contributed by atoms with Crippen LogP contribution in [0, 0.1) is 17.8 Å². The third-order valence-corrected chi connectivity index (χ3v) is 5.12. The van der Waals surface area contributed by atoms with Crippen LogP contribution in [-0.4, -0.2) is 22.7 Å². The highest BCUT2D eigenvalue weighted by molar-refractivity contribution is 7.96. The Balaban J connectivity index is 0. The molecule has 0 atom stereocenters. The third kappa shape index (κ3) is 10.4. The summed E-state index contributed by atoms with van der Waals surface area (Å²) in [6.45, 7) is 14.1. The van der Waals surface area contributed by atoms with Gasteiger partial charge >= 0.3 is 0 Å². The minimum atomic E-state index is 0. The van der Waals surface area contributed by atoms with Gasteiger partial charge in [0, 0.05) is 0 Å². The Morgan fingerprint density at radius 1 is 0.643 bits per heavy atom. The minimum absolute atomic E-state index is 0. The third-order valence-electron chi connectivity index (χ3n) is 1.71. The zero-order valence-corrected chi connectivity index (χ0v) is 11.5. The van der Waals surface area contributed by atoms with Gasteiger partial charge < -0.3 is 5.48 Å². The van der Waals surface area contributed by atoms with Crippen LogP contribution in [-0.2, 0) is 10.9 Å². The van der Waals surface area contributed by atoms with Gasteiger partial charge in [-0.1, -0.05) is 41.5 Å². The van der Waals surface area contributed by atoms with Crippen molar-refractivity contribution in [1.82, 2.24) is 0 Å². The van der Waals surface area contributed by atoms with Gasteiger partial charge in [0.2, 0.25) is 0 Å². The minimum Gasteiger partial charge on any atom is -0.870 e. The average Bonchev–Trinajstić information content (AvgIpc) is 1.80. The summed E-state index contributed by atoms with van der Waals surface area (Å²) in [5, 5.41) is 0. The van der Waals surface area contributed by atoms with Gasteiger partial charge in [-0.3, -0.25) is 0 Å². The van der Waals surface area contributed by atoms with E-state index in [2.05, 4.69) is 41.5 Å². The van der Waals surface area contributed by atoms with Gasteiger partial charge in [-0.25, -0.2) is 0 Å². The molecular weight excluding hydrogens is 192 g/mol. The van der Waals surface area contributed by atoms with Gasteiger partial charge in [-0.05, 0) is 28.6 Å². The van der Waals surface area contributed by atoms with E-state index in [9.17, 15) is 0 Å². The summed E-state index contributed by atoms with van der Waals surface area (Å²) in [4.78, 5) is 0. The van der Waals surface area contributed by atoms with Crippen molar-refractivity contribution in [3.63, 3.8) is 0 Å². The summed E-state index contributed by atoms with van der Waals surface area (Å²) < 4.78 is 0. The summed E-state index contributed by atoms with van der Waals surface area (Å²) in [6.07, 6.45) is 0. The van der Waals surface area contributed by atoms with E-state index in [1.54, 1.807) is 0 Å². The molecule has 0 fully saturated rings. The molecule has 1 nitrogen and oxygen atoms in total. The van der Waals surface area contributed by atoms with E-state index in [4.69, 9.17) is 0 Å². The second-order valence-corrected chi connectivity index (χ2v) is 7.52. The molecule has 0 aromatic carbocycles. The Kier molecular flexibility index (Phi) is 10.3. The molecule has 0 heterocycles. The van der Waals surface area contributed by atoms with Crippen LogP contribution in [0.5, 0.6) is 0 Å². The first-order valence-corrected chi connectivity index (χ1v) is 7.29. The fourth-order valence-electron chi connectivity index (χ4n) is 1.62. The van der Waals surface area contributed by atoms with Crippen LogP contribution < -0.4 is 0 Å². The molecule has 0 bridgehead atoms. The predicted molar refractivity (Wildman–Crippen MR) is 68.4 cm³/mol. The van der Waals surface area contributed by atoms with Gasteiger partial charge in [0.05, 0.1) is 0 Å². The summed E-state index contributed by atoms with van der Waals surface area (Å²) in [6, 6.07) is 0. The topological polar surface area (TPSA) is 30.0 Å². The van der Waals surface area contributed by atoms with Crippen molar-refractivity contribution in [2.75, 3.05) is 17.3 Å². The maximum absolute atomic E-state index is 2.35. The van der Waals surface area contributed by atoms with Crippen molar-refractivity contribution in [3.8, 4) is 0 Å². The molecular formula is C12H28OS. The van der Waals surface area contributed by atoms with E-state index in [-0.39, 0.29) is 5.48 Å². The fraction of sp³-hybridized carbons (Fsp3) is 1.00. The van der Waals surface area contributed by atoms with Crippen molar-refractivity contribution >= 4 is 10.9 Å². The quantitative estimate of drug-likeness (QED) is 0.631. The molecule has 14 heavy (non-hydrogen) atoms. The molecule has 0 saturated carbocycles. The lowest BCUT2D eigenvalue weighted by Crippen LogP contribution is -2.25. The Bertz CT molecular complexity index is 97.7. The molecule has 0 rings (SSSR count).